The second kappa shape index (κ2) is 5.81. The molecule has 2 atom stereocenters. The van der Waals surface area contributed by atoms with Crippen molar-refractivity contribution in [3.8, 4) is 0 Å². The summed E-state index contributed by atoms with van der Waals surface area (Å²) in [6.07, 6.45) is 5.06. The van der Waals surface area contributed by atoms with Gasteiger partial charge in [-0.25, -0.2) is 0 Å². The molecule has 0 aliphatic rings. The first-order valence-electron chi connectivity index (χ1n) is 5.43. The lowest BCUT2D eigenvalue weighted by molar-refractivity contribution is 0.407. The van der Waals surface area contributed by atoms with Crippen LogP contribution in [0.5, 0.6) is 0 Å². The van der Waals surface area contributed by atoms with Crippen molar-refractivity contribution in [2.45, 2.75) is 39.8 Å². The number of hydrogen-bond acceptors (Lipinski definition) is 2. The van der Waals surface area contributed by atoms with Gasteiger partial charge in [-0.1, -0.05) is 20.3 Å². The molecule has 1 aromatic heterocycles. The fourth-order valence-corrected chi connectivity index (χ4v) is 1.30. The lowest BCUT2D eigenvalue weighted by Gasteiger charge is -2.16. The monoisotopic (exact) mass is 195 g/mol. The van der Waals surface area contributed by atoms with Crippen molar-refractivity contribution >= 4 is 0 Å². The fourth-order valence-electron chi connectivity index (χ4n) is 1.30. The highest BCUT2D eigenvalue weighted by molar-refractivity contribution is 4.79. The van der Waals surface area contributed by atoms with Crippen molar-refractivity contribution in [3.05, 3.63) is 18.5 Å². The second-order valence-electron chi connectivity index (χ2n) is 4.05. The van der Waals surface area contributed by atoms with Gasteiger partial charge in [-0.15, -0.1) is 0 Å². The maximum absolute atomic E-state index is 4.18. The molecular formula is C11H21N3. The lowest BCUT2D eigenvalue weighted by atomic mass is 10.1. The Labute approximate surface area is 86.5 Å². The molecule has 0 amide bonds. The maximum Gasteiger partial charge on any atom is 0.0559 e. The van der Waals surface area contributed by atoms with Crippen LogP contribution >= 0.6 is 0 Å². The summed E-state index contributed by atoms with van der Waals surface area (Å²) in [5.74, 6) is 0.759. The van der Waals surface area contributed by atoms with Crippen LogP contribution < -0.4 is 5.32 Å². The molecule has 0 fully saturated rings. The molecular weight excluding hydrogens is 174 g/mol. The van der Waals surface area contributed by atoms with E-state index in [4.69, 9.17) is 0 Å². The molecule has 80 valence electrons. The molecule has 0 bridgehead atoms. The normalized spacial score (nSPS) is 15.4. The number of nitrogens with one attached hydrogen (secondary N) is 1. The van der Waals surface area contributed by atoms with Crippen molar-refractivity contribution in [2.24, 2.45) is 5.92 Å². The minimum atomic E-state index is 0.490. The van der Waals surface area contributed by atoms with E-state index < -0.39 is 0 Å². The second-order valence-corrected chi connectivity index (χ2v) is 4.05. The summed E-state index contributed by atoms with van der Waals surface area (Å²) in [5, 5.41) is 7.69. The van der Waals surface area contributed by atoms with Crippen molar-refractivity contribution in [1.29, 1.82) is 0 Å². The van der Waals surface area contributed by atoms with Crippen LogP contribution in [-0.4, -0.2) is 22.4 Å². The van der Waals surface area contributed by atoms with Gasteiger partial charge in [0, 0.05) is 18.4 Å². The first-order valence-corrected chi connectivity index (χ1v) is 5.43. The molecule has 0 spiro atoms. The molecule has 0 aliphatic heterocycles. The molecule has 0 radical (unpaired) electrons. The number of hydrogen-bond donors (Lipinski definition) is 1. The average Bonchev–Trinajstić information content (AvgIpc) is 2.66. The molecule has 3 nitrogen and oxygen atoms in total. The molecule has 1 rings (SSSR count). The quantitative estimate of drug-likeness (QED) is 0.751. The predicted molar refractivity (Wildman–Crippen MR) is 59.1 cm³/mol. The summed E-state index contributed by atoms with van der Waals surface area (Å²) >= 11 is 0. The van der Waals surface area contributed by atoms with E-state index in [0.717, 1.165) is 19.0 Å². The molecule has 1 aromatic rings. The molecule has 0 saturated carbocycles. The minimum Gasteiger partial charge on any atom is -0.312 e. The SMILES string of the molecule is CCC(C)CNC(C)Cn1cccn1. The van der Waals surface area contributed by atoms with E-state index in [9.17, 15) is 0 Å². The van der Waals surface area contributed by atoms with E-state index in [-0.39, 0.29) is 0 Å². The topological polar surface area (TPSA) is 29.9 Å². The lowest BCUT2D eigenvalue weighted by Crippen LogP contribution is -2.33. The third-order valence-electron chi connectivity index (χ3n) is 2.53. The Morgan fingerprint density at radius 3 is 2.79 bits per heavy atom. The smallest absolute Gasteiger partial charge is 0.0559 e. The van der Waals surface area contributed by atoms with Gasteiger partial charge in [0.1, 0.15) is 0 Å². The molecule has 1 heterocycles. The zero-order valence-electron chi connectivity index (χ0n) is 9.40. The standard InChI is InChI=1S/C11H21N3/c1-4-10(2)8-12-11(3)9-14-7-5-6-13-14/h5-7,10-12H,4,8-9H2,1-3H3. The highest BCUT2D eigenvalue weighted by Crippen LogP contribution is 1.99. The Bertz CT molecular complexity index is 231. The largest absolute Gasteiger partial charge is 0.312 e. The minimum absolute atomic E-state index is 0.490. The first-order chi connectivity index (χ1) is 6.72. The molecule has 3 heteroatoms. The Morgan fingerprint density at radius 1 is 1.43 bits per heavy atom. The molecule has 2 unspecified atom stereocenters. The molecule has 14 heavy (non-hydrogen) atoms. The van der Waals surface area contributed by atoms with E-state index in [1.807, 2.05) is 23.1 Å². The van der Waals surface area contributed by atoms with Crippen LogP contribution in [-0.2, 0) is 6.54 Å². The summed E-state index contributed by atoms with van der Waals surface area (Å²) in [6, 6.07) is 2.45. The van der Waals surface area contributed by atoms with Crippen molar-refractivity contribution in [2.75, 3.05) is 6.54 Å². The van der Waals surface area contributed by atoms with Crippen molar-refractivity contribution in [3.63, 3.8) is 0 Å². The van der Waals surface area contributed by atoms with Crippen LogP contribution in [0.1, 0.15) is 27.2 Å². The van der Waals surface area contributed by atoms with Gasteiger partial charge in [0.25, 0.3) is 0 Å². The molecule has 0 saturated heterocycles. The van der Waals surface area contributed by atoms with Gasteiger partial charge in [0.2, 0.25) is 0 Å². The van der Waals surface area contributed by atoms with Crippen LogP contribution in [0, 0.1) is 5.92 Å². The highest BCUT2D eigenvalue weighted by Gasteiger charge is 2.04. The highest BCUT2D eigenvalue weighted by atomic mass is 15.3. The van der Waals surface area contributed by atoms with Gasteiger partial charge >= 0.3 is 0 Å². The van der Waals surface area contributed by atoms with Crippen LogP contribution in [0.15, 0.2) is 18.5 Å². The zero-order chi connectivity index (χ0) is 10.4. The van der Waals surface area contributed by atoms with Crippen molar-refractivity contribution < 1.29 is 0 Å². The van der Waals surface area contributed by atoms with Gasteiger partial charge in [-0.3, -0.25) is 4.68 Å². The van der Waals surface area contributed by atoms with Crippen molar-refractivity contribution in [1.82, 2.24) is 15.1 Å². The molecule has 0 aromatic carbocycles. The predicted octanol–water partition coefficient (Wildman–Crippen LogP) is 1.91. The van der Waals surface area contributed by atoms with Crippen LogP contribution in [0.3, 0.4) is 0 Å². The summed E-state index contributed by atoms with van der Waals surface area (Å²) in [5.41, 5.74) is 0. The van der Waals surface area contributed by atoms with E-state index in [2.05, 4.69) is 31.2 Å². The number of rotatable bonds is 6. The first kappa shape index (κ1) is 11.2. The fraction of sp³-hybridized carbons (Fsp3) is 0.727. The van der Waals surface area contributed by atoms with Gasteiger partial charge < -0.3 is 5.32 Å². The zero-order valence-corrected chi connectivity index (χ0v) is 9.40. The Hall–Kier alpha value is -0.830. The van der Waals surface area contributed by atoms with E-state index >= 15 is 0 Å². The van der Waals surface area contributed by atoms with Gasteiger partial charge in [-0.2, -0.15) is 5.10 Å². The third-order valence-corrected chi connectivity index (χ3v) is 2.53. The van der Waals surface area contributed by atoms with Crippen LogP contribution in [0.25, 0.3) is 0 Å². The van der Waals surface area contributed by atoms with Gasteiger partial charge in [0.15, 0.2) is 0 Å². The Balaban J connectivity index is 2.19. The summed E-state index contributed by atoms with van der Waals surface area (Å²) in [6.45, 7) is 8.74. The van der Waals surface area contributed by atoms with Gasteiger partial charge in [-0.05, 0) is 25.5 Å². The Kier molecular flexibility index (Phi) is 4.66. The van der Waals surface area contributed by atoms with E-state index in [1.165, 1.54) is 6.42 Å². The average molecular weight is 195 g/mol. The third kappa shape index (κ3) is 3.92. The van der Waals surface area contributed by atoms with Crippen LogP contribution in [0.2, 0.25) is 0 Å². The van der Waals surface area contributed by atoms with E-state index in [1.54, 1.807) is 0 Å². The van der Waals surface area contributed by atoms with Gasteiger partial charge in [0.05, 0.1) is 6.54 Å². The maximum atomic E-state index is 4.18. The number of nitrogens with zero attached hydrogens (tertiary/aromatic N) is 2. The summed E-state index contributed by atoms with van der Waals surface area (Å²) in [7, 11) is 0. The number of aromatic nitrogens is 2. The summed E-state index contributed by atoms with van der Waals surface area (Å²) in [4.78, 5) is 0. The van der Waals surface area contributed by atoms with E-state index in [0.29, 0.717) is 6.04 Å². The molecule has 0 aliphatic carbocycles. The Morgan fingerprint density at radius 2 is 2.21 bits per heavy atom. The molecule has 1 N–H and O–H groups in total. The summed E-state index contributed by atoms with van der Waals surface area (Å²) < 4.78 is 1.97. The van der Waals surface area contributed by atoms with Crippen LogP contribution in [0.4, 0.5) is 0 Å².